The zero-order valence-corrected chi connectivity index (χ0v) is 11.2. The van der Waals surface area contributed by atoms with Gasteiger partial charge in [-0.15, -0.1) is 0 Å². The SMILES string of the molecule is Cc1c(N)cc(Br)cc1C(=O)NCC(F)(F)CO. The lowest BCUT2D eigenvalue weighted by Gasteiger charge is -2.15. The summed E-state index contributed by atoms with van der Waals surface area (Å²) in [5.74, 6) is -3.99. The average Bonchev–Trinajstić information content (AvgIpc) is 2.31. The van der Waals surface area contributed by atoms with Crippen LogP contribution < -0.4 is 11.1 Å². The second-order valence-corrected chi connectivity index (χ2v) is 4.78. The topological polar surface area (TPSA) is 75.4 Å². The lowest BCUT2D eigenvalue weighted by atomic mass is 10.1. The molecule has 4 N–H and O–H groups in total. The molecule has 100 valence electrons. The van der Waals surface area contributed by atoms with E-state index in [2.05, 4.69) is 21.2 Å². The van der Waals surface area contributed by atoms with E-state index in [-0.39, 0.29) is 5.56 Å². The molecular weight excluding hydrogens is 310 g/mol. The number of carbonyl (C=O) groups is 1. The van der Waals surface area contributed by atoms with Crippen LogP contribution in [-0.2, 0) is 0 Å². The minimum absolute atomic E-state index is 0.218. The van der Waals surface area contributed by atoms with Crippen molar-refractivity contribution in [2.75, 3.05) is 18.9 Å². The molecule has 1 aromatic rings. The standard InChI is InChI=1S/C11H13BrF2N2O2/c1-6-8(2-7(12)3-9(6)15)10(18)16-4-11(13,14)5-17/h2-3,17H,4-5,15H2,1H3,(H,16,18). The highest BCUT2D eigenvalue weighted by atomic mass is 79.9. The van der Waals surface area contributed by atoms with E-state index >= 15 is 0 Å². The van der Waals surface area contributed by atoms with Gasteiger partial charge in [0.1, 0.15) is 6.61 Å². The van der Waals surface area contributed by atoms with Gasteiger partial charge in [0.2, 0.25) is 0 Å². The fraction of sp³-hybridized carbons (Fsp3) is 0.364. The number of halogens is 3. The summed E-state index contributed by atoms with van der Waals surface area (Å²) in [4.78, 5) is 11.7. The smallest absolute Gasteiger partial charge is 0.287 e. The van der Waals surface area contributed by atoms with Crippen molar-refractivity contribution in [3.05, 3.63) is 27.7 Å². The van der Waals surface area contributed by atoms with Crippen LogP contribution in [0.15, 0.2) is 16.6 Å². The van der Waals surface area contributed by atoms with E-state index in [0.29, 0.717) is 15.7 Å². The molecule has 1 rings (SSSR count). The molecule has 0 saturated carbocycles. The predicted molar refractivity (Wildman–Crippen MR) is 67.7 cm³/mol. The van der Waals surface area contributed by atoms with Crippen molar-refractivity contribution in [2.24, 2.45) is 0 Å². The Kier molecular flexibility index (Phi) is 4.64. The lowest BCUT2D eigenvalue weighted by Crippen LogP contribution is -2.39. The molecule has 0 aromatic heterocycles. The first-order valence-corrected chi connectivity index (χ1v) is 5.88. The van der Waals surface area contributed by atoms with E-state index in [1.165, 1.54) is 6.07 Å². The minimum atomic E-state index is -3.33. The van der Waals surface area contributed by atoms with Gasteiger partial charge in [0.15, 0.2) is 0 Å². The molecule has 0 aliphatic carbocycles. The van der Waals surface area contributed by atoms with Crippen LogP contribution >= 0.6 is 15.9 Å². The summed E-state index contributed by atoms with van der Waals surface area (Å²) in [6, 6.07) is 3.12. The van der Waals surface area contributed by atoms with Crippen molar-refractivity contribution in [3.63, 3.8) is 0 Å². The molecule has 0 unspecified atom stereocenters. The molecule has 1 amide bonds. The van der Waals surface area contributed by atoms with Gasteiger partial charge in [-0.3, -0.25) is 4.79 Å². The Morgan fingerprint density at radius 3 is 2.72 bits per heavy atom. The first-order chi connectivity index (χ1) is 8.26. The fourth-order valence-electron chi connectivity index (χ4n) is 1.30. The van der Waals surface area contributed by atoms with Gasteiger partial charge < -0.3 is 16.2 Å². The van der Waals surface area contributed by atoms with Crippen LogP contribution in [0.25, 0.3) is 0 Å². The zero-order chi connectivity index (χ0) is 13.9. The van der Waals surface area contributed by atoms with Crippen molar-refractivity contribution in [2.45, 2.75) is 12.8 Å². The number of rotatable bonds is 4. The van der Waals surface area contributed by atoms with Crippen LogP contribution in [0, 0.1) is 6.92 Å². The van der Waals surface area contributed by atoms with Gasteiger partial charge >= 0.3 is 0 Å². The van der Waals surface area contributed by atoms with Gasteiger partial charge in [-0.2, -0.15) is 0 Å². The molecular formula is C11H13BrF2N2O2. The minimum Gasteiger partial charge on any atom is -0.398 e. The van der Waals surface area contributed by atoms with Crippen LogP contribution in [-0.4, -0.2) is 30.1 Å². The van der Waals surface area contributed by atoms with Gasteiger partial charge in [0.05, 0.1) is 6.54 Å². The lowest BCUT2D eigenvalue weighted by molar-refractivity contribution is -0.0462. The van der Waals surface area contributed by atoms with Crippen LogP contribution in [0.3, 0.4) is 0 Å². The van der Waals surface area contributed by atoms with E-state index in [4.69, 9.17) is 10.8 Å². The predicted octanol–water partition coefficient (Wildman–Crippen LogP) is 1.70. The second-order valence-electron chi connectivity index (χ2n) is 3.86. The third kappa shape index (κ3) is 3.64. The second kappa shape index (κ2) is 5.62. The number of hydrogen-bond donors (Lipinski definition) is 3. The number of aliphatic hydroxyl groups is 1. The Hall–Kier alpha value is -1.21. The van der Waals surface area contributed by atoms with E-state index in [9.17, 15) is 13.6 Å². The number of alkyl halides is 2. The maximum atomic E-state index is 12.8. The maximum Gasteiger partial charge on any atom is 0.287 e. The van der Waals surface area contributed by atoms with E-state index in [0.717, 1.165) is 0 Å². The van der Waals surface area contributed by atoms with Crippen LogP contribution in [0.2, 0.25) is 0 Å². The van der Waals surface area contributed by atoms with Gasteiger partial charge in [0, 0.05) is 15.7 Å². The first kappa shape index (κ1) is 14.8. The Bertz CT molecular complexity index is 467. The molecule has 0 spiro atoms. The summed E-state index contributed by atoms with van der Waals surface area (Å²) >= 11 is 3.17. The van der Waals surface area contributed by atoms with Crippen molar-refractivity contribution in [1.29, 1.82) is 0 Å². The summed E-state index contributed by atoms with van der Waals surface area (Å²) in [5.41, 5.74) is 6.80. The van der Waals surface area contributed by atoms with Crippen molar-refractivity contribution >= 4 is 27.5 Å². The molecule has 1 aromatic carbocycles. The molecule has 0 atom stereocenters. The molecule has 0 saturated heterocycles. The highest BCUT2D eigenvalue weighted by molar-refractivity contribution is 9.10. The number of aliphatic hydroxyl groups excluding tert-OH is 1. The van der Waals surface area contributed by atoms with Gasteiger partial charge in [-0.1, -0.05) is 15.9 Å². The normalized spacial score (nSPS) is 11.4. The van der Waals surface area contributed by atoms with E-state index in [1.807, 2.05) is 0 Å². The third-order valence-electron chi connectivity index (χ3n) is 2.40. The van der Waals surface area contributed by atoms with E-state index < -0.39 is 25.0 Å². The Morgan fingerprint density at radius 1 is 1.56 bits per heavy atom. The van der Waals surface area contributed by atoms with Crippen molar-refractivity contribution in [3.8, 4) is 0 Å². The molecule has 0 fully saturated rings. The molecule has 0 bridgehead atoms. The highest BCUT2D eigenvalue weighted by Crippen LogP contribution is 2.22. The van der Waals surface area contributed by atoms with Crippen LogP contribution in [0.5, 0.6) is 0 Å². The summed E-state index contributed by atoms with van der Waals surface area (Å²) in [6.07, 6.45) is 0. The summed E-state index contributed by atoms with van der Waals surface area (Å²) in [7, 11) is 0. The quantitative estimate of drug-likeness (QED) is 0.738. The summed E-state index contributed by atoms with van der Waals surface area (Å²) < 4.78 is 26.2. The fourth-order valence-corrected chi connectivity index (χ4v) is 1.77. The number of carbonyl (C=O) groups excluding carboxylic acids is 1. The molecule has 18 heavy (non-hydrogen) atoms. The number of nitrogens with two attached hydrogens (primary N) is 1. The number of hydrogen-bond acceptors (Lipinski definition) is 3. The molecule has 0 aliphatic rings. The van der Waals surface area contributed by atoms with Crippen LogP contribution in [0.1, 0.15) is 15.9 Å². The first-order valence-electron chi connectivity index (χ1n) is 5.09. The monoisotopic (exact) mass is 322 g/mol. The Labute approximate surface area is 111 Å². The summed E-state index contributed by atoms with van der Waals surface area (Å²) in [5, 5.41) is 10.5. The Morgan fingerprint density at radius 2 is 2.17 bits per heavy atom. The number of benzene rings is 1. The van der Waals surface area contributed by atoms with Gasteiger partial charge in [-0.25, -0.2) is 8.78 Å². The van der Waals surface area contributed by atoms with Crippen LogP contribution in [0.4, 0.5) is 14.5 Å². The zero-order valence-electron chi connectivity index (χ0n) is 9.64. The average molecular weight is 323 g/mol. The Balaban J connectivity index is 2.85. The van der Waals surface area contributed by atoms with Gasteiger partial charge in [0.25, 0.3) is 11.8 Å². The number of amides is 1. The third-order valence-corrected chi connectivity index (χ3v) is 2.85. The number of nitrogen functional groups attached to an aromatic ring is 1. The molecule has 4 nitrogen and oxygen atoms in total. The largest absolute Gasteiger partial charge is 0.398 e. The van der Waals surface area contributed by atoms with Crippen molar-refractivity contribution in [1.82, 2.24) is 5.32 Å². The molecule has 0 heterocycles. The molecule has 0 aliphatic heterocycles. The summed E-state index contributed by atoms with van der Waals surface area (Å²) in [6.45, 7) is -0.609. The molecule has 0 radical (unpaired) electrons. The van der Waals surface area contributed by atoms with Crippen molar-refractivity contribution < 1.29 is 18.7 Å². The highest BCUT2D eigenvalue weighted by Gasteiger charge is 2.28. The molecule has 7 heteroatoms. The number of nitrogens with one attached hydrogen (secondary N) is 1. The van der Waals surface area contributed by atoms with Gasteiger partial charge in [-0.05, 0) is 24.6 Å². The number of anilines is 1. The maximum absolute atomic E-state index is 12.8. The van der Waals surface area contributed by atoms with E-state index in [1.54, 1.807) is 13.0 Å².